The van der Waals surface area contributed by atoms with E-state index in [1.165, 1.54) is 0 Å². The minimum atomic E-state index is 0. The van der Waals surface area contributed by atoms with E-state index in [0.29, 0.717) is 5.69 Å². The molecule has 3 N–H and O–H groups in total. The van der Waals surface area contributed by atoms with Crippen molar-refractivity contribution in [3.8, 4) is 5.75 Å². The molecule has 0 amide bonds. The highest BCUT2D eigenvalue weighted by molar-refractivity contribution is 6.06. The molecule has 0 saturated heterocycles. The molecule has 0 bridgehead atoms. The molecule has 1 aromatic heterocycles. The number of nitrogens with one attached hydrogen (secondary N) is 2. The van der Waals surface area contributed by atoms with Gasteiger partial charge in [0.2, 0.25) is 0 Å². The van der Waals surface area contributed by atoms with Crippen LogP contribution in [-0.2, 0) is 0 Å². The number of amidine groups is 1. The van der Waals surface area contributed by atoms with Gasteiger partial charge in [0.1, 0.15) is 11.5 Å². The van der Waals surface area contributed by atoms with Gasteiger partial charge in [0.25, 0.3) is 0 Å². The van der Waals surface area contributed by atoms with Gasteiger partial charge < -0.3 is 15.4 Å². The molecule has 0 aliphatic carbocycles. The lowest BCUT2D eigenvalue weighted by molar-refractivity contribution is 0.480. The first-order chi connectivity index (χ1) is 7.36. The van der Waals surface area contributed by atoms with Crippen molar-refractivity contribution in [3.63, 3.8) is 0 Å². The summed E-state index contributed by atoms with van der Waals surface area (Å²) in [7, 11) is 0. The van der Waals surface area contributed by atoms with Gasteiger partial charge >= 0.3 is 0 Å². The highest BCUT2D eigenvalue weighted by Crippen LogP contribution is 2.28. The van der Waals surface area contributed by atoms with Crippen molar-refractivity contribution >= 4 is 29.1 Å². The molecule has 0 fully saturated rings. The maximum Gasteiger partial charge on any atom is 0.152 e. The Labute approximate surface area is 98.8 Å². The van der Waals surface area contributed by atoms with E-state index in [0.717, 1.165) is 29.8 Å². The summed E-state index contributed by atoms with van der Waals surface area (Å²) in [5.74, 6) is 1.03. The quantitative estimate of drug-likeness (QED) is 0.706. The first kappa shape index (κ1) is 10.8. The molecule has 0 spiro atoms. The molecule has 0 saturated carbocycles. The fourth-order valence-electron chi connectivity index (χ4n) is 1.86. The SMILES string of the molecule is Cl.Oc1c(C2=NCCN2)[nH]c2ccccc12. The molecular formula is C11H12ClN3O. The van der Waals surface area contributed by atoms with Crippen LogP contribution in [-0.4, -0.2) is 29.0 Å². The highest BCUT2D eigenvalue weighted by Gasteiger charge is 2.16. The van der Waals surface area contributed by atoms with E-state index in [9.17, 15) is 5.11 Å². The third kappa shape index (κ3) is 1.51. The van der Waals surface area contributed by atoms with Crippen LogP contribution in [0.15, 0.2) is 29.3 Å². The van der Waals surface area contributed by atoms with Crippen molar-refractivity contribution in [1.82, 2.24) is 10.3 Å². The minimum Gasteiger partial charge on any atom is -0.505 e. The summed E-state index contributed by atoms with van der Waals surface area (Å²) in [6.45, 7) is 1.61. The Hall–Kier alpha value is -1.68. The van der Waals surface area contributed by atoms with Crippen LogP contribution in [0.3, 0.4) is 0 Å². The molecule has 0 atom stereocenters. The molecule has 1 aliphatic rings. The van der Waals surface area contributed by atoms with E-state index in [2.05, 4.69) is 15.3 Å². The number of aromatic amines is 1. The number of aromatic hydroxyl groups is 1. The fraction of sp³-hybridized carbons (Fsp3) is 0.182. The normalized spacial score (nSPS) is 14.4. The largest absolute Gasteiger partial charge is 0.505 e. The molecular weight excluding hydrogens is 226 g/mol. The first-order valence-electron chi connectivity index (χ1n) is 4.94. The summed E-state index contributed by atoms with van der Waals surface area (Å²) < 4.78 is 0. The van der Waals surface area contributed by atoms with E-state index >= 15 is 0 Å². The van der Waals surface area contributed by atoms with Crippen LogP contribution < -0.4 is 5.32 Å². The number of benzene rings is 1. The number of aliphatic imine (C=N–C) groups is 1. The predicted octanol–water partition coefficient (Wildman–Crippen LogP) is 1.65. The summed E-state index contributed by atoms with van der Waals surface area (Å²) >= 11 is 0. The van der Waals surface area contributed by atoms with Crippen LogP contribution in [0.5, 0.6) is 5.75 Å². The summed E-state index contributed by atoms with van der Waals surface area (Å²) in [6, 6.07) is 7.67. The number of rotatable bonds is 1. The Morgan fingerprint density at radius 2 is 2.06 bits per heavy atom. The Kier molecular flexibility index (Phi) is 2.75. The Morgan fingerprint density at radius 3 is 2.75 bits per heavy atom. The topological polar surface area (TPSA) is 60.4 Å². The van der Waals surface area contributed by atoms with Gasteiger partial charge in [-0.3, -0.25) is 4.99 Å². The van der Waals surface area contributed by atoms with Gasteiger partial charge in [-0.15, -0.1) is 12.4 Å². The molecule has 5 heteroatoms. The summed E-state index contributed by atoms with van der Waals surface area (Å²) in [6.07, 6.45) is 0. The second-order valence-electron chi connectivity index (χ2n) is 3.55. The molecule has 1 aliphatic heterocycles. The zero-order chi connectivity index (χ0) is 10.3. The van der Waals surface area contributed by atoms with Gasteiger partial charge in [-0.05, 0) is 12.1 Å². The number of H-pyrrole nitrogens is 1. The second-order valence-corrected chi connectivity index (χ2v) is 3.55. The lowest BCUT2D eigenvalue weighted by atomic mass is 10.2. The smallest absolute Gasteiger partial charge is 0.152 e. The molecule has 1 aromatic carbocycles. The van der Waals surface area contributed by atoms with E-state index in [-0.39, 0.29) is 18.2 Å². The number of para-hydroxylation sites is 1. The van der Waals surface area contributed by atoms with Gasteiger partial charge in [0.15, 0.2) is 5.75 Å². The lowest BCUT2D eigenvalue weighted by Gasteiger charge is -1.98. The maximum atomic E-state index is 10.00. The molecule has 4 nitrogen and oxygen atoms in total. The molecule has 84 valence electrons. The maximum absolute atomic E-state index is 10.00. The number of halogens is 1. The number of nitrogens with zero attached hydrogens (tertiary/aromatic N) is 1. The summed E-state index contributed by atoms with van der Waals surface area (Å²) in [4.78, 5) is 7.44. The minimum absolute atomic E-state index is 0. The van der Waals surface area contributed by atoms with Crippen molar-refractivity contribution in [2.45, 2.75) is 0 Å². The molecule has 3 rings (SSSR count). The fourth-order valence-corrected chi connectivity index (χ4v) is 1.86. The van der Waals surface area contributed by atoms with Gasteiger partial charge in [0, 0.05) is 17.4 Å². The van der Waals surface area contributed by atoms with Crippen molar-refractivity contribution < 1.29 is 5.11 Å². The number of hydrogen-bond donors (Lipinski definition) is 3. The van der Waals surface area contributed by atoms with Crippen LogP contribution >= 0.6 is 12.4 Å². The summed E-state index contributed by atoms with van der Waals surface area (Å²) in [5, 5.41) is 14.0. The van der Waals surface area contributed by atoms with Crippen LogP contribution in [0.25, 0.3) is 10.9 Å². The zero-order valence-corrected chi connectivity index (χ0v) is 9.34. The van der Waals surface area contributed by atoms with Gasteiger partial charge in [-0.25, -0.2) is 0 Å². The zero-order valence-electron chi connectivity index (χ0n) is 8.53. The molecule has 2 aromatic rings. The molecule has 0 unspecified atom stereocenters. The van der Waals surface area contributed by atoms with Crippen molar-refractivity contribution in [2.24, 2.45) is 4.99 Å². The monoisotopic (exact) mass is 237 g/mol. The Bertz CT molecular complexity index is 547. The predicted molar refractivity (Wildman–Crippen MR) is 66.6 cm³/mol. The number of hydrogen-bond acceptors (Lipinski definition) is 3. The van der Waals surface area contributed by atoms with E-state index in [1.54, 1.807) is 0 Å². The first-order valence-corrected chi connectivity index (χ1v) is 4.94. The number of aromatic nitrogens is 1. The van der Waals surface area contributed by atoms with Crippen LogP contribution in [0.2, 0.25) is 0 Å². The third-order valence-electron chi connectivity index (χ3n) is 2.59. The summed E-state index contributed by atoms with van der Waals surface area (Å²) in [5.41, 5.74) is 1.62. The highest BCUT2D eigenvalue weighted by atomic mass is 35.5. The van der Waals surface area contributed by atoms with Crippen molar-refractivity contribution in [3.05, 3.63) is 30.0 Å². The average molecular weight is 238 g/mol. The number of fused-ring (bicyclic) bond motifs is 1. The lowest BCUT2D eigenvalue weighted by Crippen LogP contribution is -2.19. The second kappa shape index (κ2) is 4.06. The van der Waals surface area contributed by atoms with E-state index in [4.69, 9.17) is 0 Å². The van der Waals surface area contributed by atoms with E-state index < -0.39 is 0 Å². The van der Waals surface area contributed by atoms with Crippen molar-refractivity contribution in [2.75, 3.05) is 13.1 Å². The molecule has 16 heavy (non-hydrogen) atoms. The van der Waals surface area contributed by atoms with E-state index in [1.807, 2.05) is 24.3 Å². The third-order valence-corrected chi connectivity index (χ3v) is 2.59. The van der Waals surface area contributed by atoms with Gasteiger partial charge in [-0.2, -0.15) is 0 Å². The standard InChI is InChI=1S/C11H11N3O.ClH/c15-10-7-3-1-2-4-8(7)14-9(10)11-12-5-6-13-11;/h1-4,14-15H,5-6H2,(H,12,13);1H. The average Bonchev–Trinajstić information content (AvgIpc) is 2.87. The van der Waals surface area contributed by atoms with Crippen LogP contribution in [0, 0.1) is 0 Å². The van der Waals surface area contributed by atoms with Gasteiger partial charge in [-0.1, -0.05) is 12.1 Å². The van der Waals surface area contributed by atoms with Crippen LogP contribution in [0.1, 0.15) is 5.69 Å². The molecule has 2 heterocycles. The molecule has 0 radical (unpaired) electrons. The Morgan fingerprint density at radius 1 is 1.25 bits per heavy atom. The van der Waals surface area contributed by atoms with Crippen molar-refractivity contribution in [1.29, 1.82) is 0 Å². The Balaban J connectivity index is 0.000000963. The van der Waals surface area contributed by atoms with Gasteiger partial charge in [0.05, 0.1) is 6.54 Å². The van der Waals surface area contributed by atoms with Crippen LogP contribution in [0.4, 0.5) is 0 Å².